The van der Waals surface area contributed by atoms with Gasteiger partial charge in [0.05, 0.1) is 31.2 Å². The summed E-state index contributed by atoms with van der Waals surface area (Å²) >= 11 is 0. The second-order valence-electron chi connectivity index (χ2n) is 10.4. The summed E-state index contributed by atoms with van der Waals surface area (Å²) in [6, 6.07) is 5.59. The van der Waals surface area contributed by atoms with E-state index < -0.39 is 11.4 Å². The molecule has 0 saturated carbocycles. The van der Waals surface area contributed by atoms with Crippen molar-refractivity contribution in [2.75, 3.05) is 43.6 Å². The van der Waals surface area contributed by atoms with Gasteiger partial charge >= 0.3 is 0 Å². The zero-order valence-corrected chi connectivity index (χ0v) is 23.3. The average molecular weight is 572 g/mol. The van der Waals surface area contributed by atoms with Crippen LogP contribution in [0.1, 0.15) is 36.9 Å². The van der Waals surface area contributed by atoms with E-state index in [9.17, 15) is 14.4 Å². The van der Waals surface area contributed by atoms with Gasteiger partial charge < -0.3 is 19.4 Å². The molecule has 2 saturated heterocycles. The van der Waals surface area contributed by atoms with Crippen molar-refractivity contribution in [1.82, 2.24) is 39.5 Å². The van der Waals surface area contributed by atoms with Crippen LogP contribution in [-0.4, -0.2) is 84.3 Å². The Balaban J connectivity index is 1.14. The van der Waals surface area contributed by atoms with Crippen molar-refractivity contribution in [3.05, 3.63) is 78.7 Å². The number of amides is 1. The van der Waals surface area contributed by atoms with Crippen molar-refractivity contribution in [1.29, 1.82) is 5.26 Å². The summed E-state index contributed by atoms with van der Waals surface area (Å²) in [6.07, 6.45) is 13.9. The summed E-state index contributed by atoms with van der Waals surface area (Å²) in [5.41, 5.74) is 3.38. The number of hydrogen-bond acceptors (Lipinski definition) is 11. The Morgan fingerprint density at radius 2 is 1.88 bits per heavy atom. The monoisotopic (exact) mass is 571 g/mol. The predicted molar refractivity (Wildman–Crippen MR) is 150 cm³/mol. The molecule has 3 aromatic rings. The molecule has 1 amide bonds. The lowest BCUT2D eigenvalue weighted by Gasteiger charge is -2.47. The zero-order valence-electron chi connectivity index (χ0n) is 23.3. The third-order valence-corrected chi connectivity index (χ3v) is 7.78. The topological polar surface area (TPSA) is 132 Å². The van der Waals surface area contributed by atoms with Crippen LogP contribution in [0.2, 0.25) is 0 Å². The fourth-order valence-electron chi connectivity index (χ4n) is 5.35. The fourth-order valence-corrected chi connectivity index (χ4v) is 5.35. The molecule has 3 aliphatic heterocycles. The van der Waals surface area contributed by atoms with Crippen LogP contribution in [0, 0.1) is 17.1 Å². The Morgan fingerprint density at radius 1 is 1.10 bits per heavy atom. The van der Waals surface area contributed by atoms with Crippen molar-refractivity contribution < 1.29 is 13.9 Å². The second kappa shape index (κ2) is 11.1. The third-order valence-electron chi connectivity index (χ3n) is 7.78. The molecule has 0 radical (unpaired) electrons. The molecule has 0 aromatic carbocycles. The highest BCUT2D eigenvalue weighted by Gasteiger charge is 2.48. The molecule has 2 fully saturated rings. The van der Waals surface area contributed by atoms with E-state index in [1.807, 2.05) is 59.5 Å². The summed E-state index contributed by atoms with van der Waals surface area (Å²) in [4.78, 5) is 33.0. The van der Waals surface area contributed by atoms with Crippen LogP contribution in [0.15, 0.2) is 61.7 Å². The van der Waals surface area contributed by atoms with Gasteiger partial charge in [-0.05, 0) is 18.6 Å². The predicted octanol–water partition coefficient (Wildman–Crippen LogP) is 2.54. The van der Waals surface area contributed by atoms with Gasteiger partial charge in [0, 0.05) is 70.5 Å². The van der Waals surface area contributed by atoms with Gasteiger partial charge in [0.25, 0.3) is 5.91 Å². The molecule has 1 spiro atoms. The quantitative estimate of drug-likeness (QED) is 0.468. The Labute approximate surface area is 242 Å². The van der Waals surface area contributed by atoms with E-state index in [4.69, 9.17) is 4.74 Å². The number of carbonyl (C=O) groups excluding carboxylic acids is 1. The zero-order chi connectivity index (χ0) is 29.3. The van der Waals surface area contributed by atoms with E-state index in [1.54, 1.807) is 17.3 Å². The number of nitriles is 1. The van der Waals surface area contributed by atoms with Gasteiger partial charge in [-0.1, -0.05) is 6.07 Å². The highest BCUT2D eigenvalue weighted by atomic mass is 19.1. The summed E-state index contributed by atoms with van der Waals surface area (Å²) in [7, 11) is 1.92. The highest BCUT2D eigenvalue weighted by Crippen LogP contribution is 2.36. The van der Waals surface area contributed by atoms with Gasteiger partial charge in [0.15, 0.2) is 17.5 Å². The van der Waals surface area contributed by atoms with Gasteiger partial charge in [0.2, 0.25) is 5.95 Å². The first-order valence-electron chi connectivity index (χ1n) is 13.6. The number of morpholine rings is 1. The minimum Gasteiger partial charge on any atom is -0.363 e. The fraction of sp³-hybridized carbons (Fsp3) is 0.357. The lowest BCUT2D eigenvalue weighted by molar-refractivity contribution is -0.178. The maximum absolute atomic E-state index is 13.9. The van der Waals surface area contributed by atoms with Crippen LogP contribution in [0.3, 0.4) is 0 Å². The molecular formula is C28H30FN11O2. The van der Waals surface area contributed by atoms with Crippen molar-refractivity contribution in [2.24, 2.45) is 0 Å². The van der Waals surface area contributed by atoms with Crippen molar-refractivity contribution in [3.63, 3.8) is 0 Å². The Kier molecular flexibility index (Phi) is 7.17. The maximum atomic E-state index is 13.9. The summed E-state index contributed by atoms with van der Waals surface area (Å²) in [5.74, 6) is 0.862. The number of rotatable bonds is 6. The molecule has 6 heterocycles. The Morgan fingerprint density at radius 3 is 2.55 bits per heavy atom. The molecule has 0 bridgehead atoms. The second-order valence-corrected chi connectivity index (χ2v) is 10.4. The van der Waals surface area contributed by atoms with Crippen LogP contribution in [0.25, 0.3) is 5.82 Å². The average Bonchev–Trinajstić information content (AvgIpc) is 3.46. The van der Waals surface area contributed by atoms with Crippen molar-refractivity contribution in [2.45, 2.75) is 31.4 Å². The number of nitrogens with one attached hydrogen (secondary N) is 1. The van der Waals surface area contributed by atoms with Crippen LogP contribution in [0.5, 0.6) is 0 Å². The molecule has 1 atom stereocenters. The molecule has 14 heteroatoms. The first-order chi connectivity index (χ1) is 20.3. The highest BCUT2D eigenvalue weighted by molar-refractivity contribution is 5.86. The molecule has 3 aliphatic rings. The summed E-state index contributed by atoms with van der Waals surface area (Å²) in [6.45, 7) is 3.83. The van der Waals surface area contributed by atoms with Crippen LogP contribution in [0.4, 0.5) is 16.2 Å². The molecule has 1 N–H and O–H groups in total. The minimum absolute atomic E-state index is 0.0571. The van der Waals surface area contributed by atoms with E-state index in [-0.39, 0.29) is 11.9 Å². The molecule has 216 valence electrons. The molecule has 0 aliphatic carbocycles. The van der Waals surface area contributed by atoms with Gasteiger partial charge in [-0.25, -0.2) is 19.0 Å². The van der Waals surface area contributed by atoms with Crippen LogP contribution in [-0.2, 0) is 9.53 Å². The van der Waals surface area contributed by atoms with Gasteiger partial charge in [0.1, 0.15) is 17.2 Å². The van der Waals surface area contributed by atoms with E-state index in [2.05, 4.69) is 31.5 Å². The number of piperidine rings is 1. The van der Waals surface area contributed by atoms with Crippen molar-refractivity contribution >= 4 is 17.7 Å². The molecule has 13 nitrogen and oxygen atoms in total. The molecule has 0 unspecified atom stereocenters. The number of nitrogens with zero attached hydrogens (tertiary/aromatic N) is 10. The SMILES string of the molecule is C[C@@H](c1ccc(-n2cc(F)cn2)nc1)N1CCOC2(CCN(c3nc(NN4C=CN(C)C=C4)ncc3C#N)CC2)C1=O. The Bertz CT molecular complexity index is 1540. The lowest BCUT2D eigenvalue weighted by Crippen LogP contribution is -2.61. The number of anilines is 2. The number of pyridine rings is 1. The number of hydrazine groups is 1. The van der Waals surface area contributed by atoms with E-state index in [0.717, 1.165) is 11.8 Å². The standard InChI is InChI=1S/C28H30FN11O2/c1-20(21-3-4-24(31-16-21)40-19-23(29)18-33-40)39-13-14-42-28(26(39)41)5-7-37(8-6-28)25-22(15-30)17-32-27(34-25)35-38-11-9-36(2)10-12-38/h3-4,9-12,16-20H,5-8,13-14H2,1-2H3,(H,32,34,35)/t20-/m0/s1. The van der Waals surface area contributed by atoms with E-state index in [0.29, 0.717) is 62.2 Å². The van der Waals surface area contributed by atoms with E-state index >= 15 is 0 Å². The Hall–Kier alpha value is -5.03. The minimum atomic E-state index is -0.945. The number of carbonyl (C=O) groups is 1. The number of ether oxygens (including phenoxy) is 1. The number of hydrogen-bond donors (Lipinski definition) is 1. The van der Waals surface area contributed by atoms with Crippen molar-refractivity contribution in [3.8, 4) is 11.9 Å². The molecular weight excluding hydrogens is 541 g/mol. The van der Waals surface area contributed by atoms with E-state index in [1.165, 1.54) is 17.1 Å². The number of halogens is 1. The van der Waals surface area contributed by atoms with Gasteiger partial charge in [-0.15, -0.1) is 0 Å². The maximum Gasteiger partial charge on any atom is 0.255 e. The molecule has 42 heavy (non-hydrogen) atoms. The largest absolute Gasteiger partial charge is 0.363 e. The summed E-state index contributed by atoms with van der Waals surface area (Å²) < 4.78 is 20.9. The molecule has 3 aromatic heterocycles. The first-order valence-corrected chi connectivity index (χ1v) is 13.6. The third kappa shape index (κ3) is 5.21. The number of aromatic nitrogens is 5. The first kappa shape index (κ1) is 27.2. The smallest absolute Gasteiger partial charge is 0.255 e. The molecule has 6 rings (SSSR count). The summed E-state index contributed by atoms with van der Waals surface area (Å²) in [5, 5.41) is 15.4. The van der Waals surface area contributed by atoms with Crippen LogP contribution >= 0.6 is 0 Å². The van der Waals surface area contributed by atoms with Crippen LogP contribution < -0.4 is 10.3 Å². The van der Waals surface area contributed by atoms with Gasteiger partial charge in [-0.2, -0.15) is 15.3 Å². The van der Waals surface area contributed by atoms with Gasteiger partial charge in [-0.3, -0.25) is 15.2 Å². The lowest BCUT2D eigenvalue weighted by atomic mass is 9.87. The normalized spacial score (nSPS) is 18.9.